The van der Waals surface area contributed by atoms with Gasteiger partial charge in [-0.1, -0.05) is 25.5 Å². The lowest BCUT2D eigenvalue weighted by Crippen LogP contribution is -2.03. The van der Waals surface area contributed by atoms with Gasteiger partial charge in [-0.15, -0.1) is 0 Å². The van der Waals surface area contributed by atoms with Gasteiger partial charge in [-0.25, -0.2) is 0 Å². The third kappa shape index (κ3) is 4.32. The predicted molar refractivity (Wildman–Crippen MR) is 73.4 cm³/mol. The Bertz CT molecular complexity index is 410. The average Bonchev–Trinajstić information content (AvgIpc) is 2.46. The summed E-state index contributed by atoms with van der Waals surface area (Å²) >= 11 is 0. The maximum absolute atomic E-state index is 12.0. The minimum Gasteiger partial charge on any atom is -0.494 e. The lowest BCUT2D eigenvalue weighted by atomic mass is 10.2. The fourth-order valence-corrected chi connectivity index (χ4v) is 2.61. The number of benzene rings is 1. The number of aliphatic hydroxyl groups is 1. The lowest BCUT2D eigenvalue weighted by molar-refractivity contribution is 0.176. The molecule has 1 unspecified atom stereocenters. The van der Waals surface area contributed by atoms with Crippen molar-refractivity contribution in [1.82, 2.24) is 0 Å². The molecule has 0 amide bonds. The number of unbranched alkanes of at least 4 members (excludes halogenated alkanes) is 1. The van der Waals surface area contributed by atoms with Crippen LogP contribution in [0.4, 0.5) is 0 Å². The highest BCUT2D eigenvalue weighted by atomic mass is 31.2. The van der Waals surface area contributed by atoms with E-state index < -0.39 is 13.4 Å². The molecule has 108 valence electrons. The number of hydrogen-bond acceptors (Lipinski definition) is 5. The molecule has 0 aliphatic heterocycles. The number of aliphatic hydroxyl groups excluding tert-OH is 1. The first-order valence-electron chi connectivity index (χ1n) is 6.19. The molecule has 5 nitrogen and oxygen atoms in total. The summed E-state index contributed by atoms with van der Waals surface area (Å²) in [7, 11) is -1.03. The van der Waals surface area contributed by atoms with Gasteiger partial charge >= 0.3 is 7.60 Å². The fraction of sp³-hybridized carbons (Fsp3) is 0.538. The SMILES string of the molecule is CCCCOc1ccc(C(O)P(=O)(OC)OC)cc1. The van der Waals surface area contributed by atoms with Crippen molar-refractivity contribution in [1.29, 1.82) is 0 Å². The zero-order valence-electron chi connectivity index (χ0n) is 11.5. The van der Waals surface area contributed by atoms with E-state index in [4.69, 9.17) is 13.8 Å². The molecule has 0 heterocycles. The Kier molecular flexibility index (Phi) is 6.52. The number of rotatable bonds is 8. The summed E-state index contributed by atoms with van der Waals surface area (Å²) < 4.78 is 27.1. The molecule has 1 aromatic rings. The van der Waals surface area contributed by atoms with Crippen LogP contribution < -0.4 is 4.74 Å². The molecule has 19 heavy (non-hydrogen) atoms. The van der Waals surface area contributed by atoms with Crippen LogP contribution in [0.1, 0.15) is 31.2 Å². The topological polar surface area (TPSA) is 65.0 Å². The minimum absolute atomic E-state index is 0.467. The third-order valence-corrected chi connectivity index (χ3v) is 4.67. The predicted octanol–water partition coefficient (Wildman–Crippen LogP) is 3.34. The molecule has 1 atom stereocenters. The van der Waals surface area contributed by atoms with E-state index in [9.17, 15) is 9.67 Å². The lowest BCUT2D eigenvalue weighted by Gasteiger charge is -2.20. The van der Waals surface area contributed by atoms with Crippen molar-refractivity contribution in [3.05, 3.63) is 29.8 Å². The maximum atomic E-state index is 12.0. The molecular weight excluding hydrogens is 267 g/mol. The van der Waals surface area contributed by atoms with Gasteiger partial charge in [0.15, 0.2) is 5.85 Å². The molecule has 1 rings (SSSR count). The summed E-state index contributed by atoms with van der Waals surface area (Å²) in [5.41, 5.74) is 0.467. The molecule has 1 aromatic carbocycles. The van der Waals surface area contributed by atoms with Crippen molar-refractivity contribution >= 4 is 7.60 Å². The van der Waals surface area contributed by atoms with Gasteiger partial charge in [0.1, 0.15) is 5.75 Å². The summed E-state index contributed by atoms with van der Waals surface area (Å²) in [5, 5.41) is 9.99. The third-order valence-electron chi connectivity index (χ3n) is 2.75. The van der Waals surface area contributed by atoms with Crippen LogP contribution in [-0.4, -0.2) is 25.9 Å². The van der Waals surface area contributed by atoms with Crippen molar-refractivity contribution in [3.63, 3.8) is 0 Å². The highest BCUT2D eigenvalue weighted by Gasteiger charge is 2.33. The smallest absolute Gasteiger partial charge is 0.362 e. The zero-order valence-corrected chi connectivity index (χ0v) is 12.4. The van der Waals surface area contributed by atoms with Crippen LogP contribution >= 0.6 is 7.60 Å². The number of hydrogen-bond donors (Lipinski definition) is 1. The van der Waals surface area contributed by atoms with Gasteiger partial charge in [-0.05, 0) is 24.1 Å². The van der Waals surface area contributed by atoms with Gasteiger partial charge in [0.25, 0.3) is 0 Å². The van der Waals surface area contributed by atoms with E-state index >= 15 is 0 Å². The molecule has 0 fully saturated rings. The first kappa shape index (κ1) is 16.2. The molecule has 0 spiro atoms. The van der Waals surface area contributed by atoms with Gasteiger partial charge in [0.05, 0.1) is 6.61 Å². The Morgan fingerprint density at radius 2 is 1.79 bits per heavy atom. The summed E-state index contributed by atoms with van der Waals surface area (Å²) in [6.45, 7) is 2.75. The molecular formula is C13H21O5P. The van der Waals surface area contributed by atoms with E-state index in [0.717, 1.165) is 12.8 Å². The van der Waals surface area contributed by atoms with E-state index in [1.54, 1.807) is 24.3 Å². The van der Waals surface area contributed by atoms with Crippen molar-refractivity contribution < 1.29 is 23.5 Å². The Hall–Kier alpha value is -0.870. The standard InChI is InChI=1S/C13H21O5P/c1-4-5-10-18-12-8-6-11(7-9-12)13(14)19(15,16-2)17-3/h6-9,13-14H,4-5,10H2,1-3H3. The van der Waals surface area contributed by atoms with Crippen LogP contribution in [0.25, 0.3) is 0 Å². The van der Waals surface area contributed by atoms with E-state index in [0.29, 0.717) is 17.9 Å². The second-order valence-electron chi connectivity index (χ2n) is 4.05. The monoisotopic (exact) mass is 288 g/mol. The Morgan fingerprint density at radius 1 is 1.21 bits per heavy atom. The highest BCUT2D eigenvalue weighted by molar-refractivity contribution is 7.53. The summed E-state index contributed by atoms with van der Waals surface area (Å²) in [5.74, 6) is -0.582. The summed E-state index contributed by atoms with van der Waals surface area (Å²) in [6.07, 6.45) is 2.06. The first-order valence-corrected chi connectivity index (χ1v) is 7.80. The van der Waals surface area contributed by atoms with Crippen LogP contribution in [0.2, 0.25) is 0 Å². The molecule has 0 aliphatic rings. The quantitative estimate of drug-likeness (QED) is 0.587. The zero-order chi connectivity index (χ0) is 14.3. The molecule has 0 aliphatic carbocycles. The molecule has 6 heteroatoms. The van der Waals surface area contributed by atoms with Crippen LogP contribution in [0.5, 0.6) is 5.75 Å². The Labute approximate surface area is 114 Å². The van der Waals surface area contributed by atoms with Crippen LogP contribution in [-0.2, 0) is 13.6 Å². The van der Waals surface area contributed by atoms with Gasteiger partial charge in [0, 0.05) is 14.2 Å². The minimum atomic E-state index is -3.52. The normalized spacial score (nSPS) is 13.3. The number of ether oxygens (including phenoxy) is 1. The molecule has 1 N–H and O–H groups in total. The molecule has 0 saturated carbocycles. The second-order valence-corrected chi connectivity index (χ2v) is 6.35. The van der Waals surface area contributed by atoms with Gasteiger partial charge in [0.2, 0.25) is 0 Å². The van der Waals surface area contributed by atoms with Crippen molar-refractivity contribution in [2.45, 2.75) is 25.6 Å². The summed E-state index contributed by atoms with van der Waals surface area (Å²) in [6, 6.07) is 6.75. The average molecular weight is 288 g/mol. The Morgan fingerprint density at radius 3 is 2.26 bits per heavy atom. The molecule has 0 radical (unpaired) electrons. The van der Waals surface area contributed by atoms with Crippen molar-refractivity contribution in [2.75, 3.05) is 20.8 Å². The largest absolute Gasteiger partial charge is 0.494 e. The van der Waals surface area contributed by atoms with Crippen molar-refractivity contribution in [3.8, 4) is 5.75 Å². The van der Waals surface area contributed by atoms with Crippen LogP contribution in [0.3, 0.4) is 0 Å². The molecule has 0 aromatic heterocycles. The molecule has 0 bridgehead atoms. The van der Waals surface area contributed by atoms with Gasteiger partial charge in [-0.2, -0.15) is 0 Å². The van der Waals surface area contributed by atoms with Crippen molar-refractivity contribution in [2.24, 2.45) is 0 Å². The Balaban J connectivity index is 2.73. The van der Waals surface area contributed by atoms with E-state index in [-0.39, 0.29) is 0 Å². The summed E-state index contributed by atoms with van der Waals surface area (Å²) in [4.78, 5) is 0. The van der Waals surface area contributed by atoms with E-state index in [1.807, 2.05) is 0 Å². The molecule has 0 saturated heterocycles. The van der Waals surface area contributed by atoms with E-state index in [2.05, 4.69) is 6.92 Å². The van der Waals surface area contributed by atoms with Gasteiger partial charge < -0.3 is 18.9 Å². The van der Waals surface area contributed by atoms with Crippen LogP contribution in [0, 0.1) is 0 Å². The van der Waals surface area contributed by atoms with Gasteiger partial charge in [-0.3, -0.25) is 4.57 Å². The highest BCUT2D eigenvalue weighted by Crippen LogP contribution is 2.58. The maximum Gasteiger partial charge on any atom is 0.362 e. The second kappa shape index (κ2) is 7.65. The van der Waals surface area contributed by atoms with Crippen LogP contribution in [0.15, 0.2) is 24.3 Å². The first-order chi connectivity index (χ1) is 9.07. The van der Waals surface area contributed by atoms with E-state index in [1.165, 1.54) is 14.2 Å². The fourth-order valence-electron chi connectivity index (χ4n) is 1.53.